The lowest BCUT2D eigenvalue weighted by molar-refractivity contribution is -0.124. The van der Waals surface area contributed by atoms with Gasteiger partial charge in [0.15, 0.2) is 0 Å². The first-order valence-corrected chi connectivity index (χ1v) is 13.2. The van der Waals surface area contributed by atoms with Crippen molar-refractivity contribution in [1.82, 2.24) is 9.88 Å². The fraction of sp³-hybridized carbons (Fsp3) is 0.433. The Morgan fingerprint density at radius 3 is 2.46 bits per heavy atom. The summed E-state index contributed by atoms with van der Waals surface area (Å²) in [4.78, 5) is 34.9. The van der Waals surface area contributed by atoms with Crippen molar-refractivity contribution in [3.05, 3.63) is 53.6 Å². The largest absolute Gasteiger partial charge is 0.382 e. The number of nitrogens with zero attached hydrogens (tertiary/aromatic N) is 3. The molecule has 1 amide bonds. The highest BCUT2D eigenvalue weighted by Gasteiger charge is 2.29. The Bertz CT molecular complexity index is 1340. The summed E-state index contributed by atoms with van der Waals surface area (Å²) in [6, 6.07) is 14.1. The van der Waals surface area contributed by atoms with Crippen LogP contribution >= 0.6 is 0 Å². The molecule has 0 saturated carbocycles. The van der Waals surface area contributed by atoms with E-state index in [2.05, 4.69) is 22.0 Å². The Kier molecular flexibility index (Phi) is 6.90. The van der Waals surface area contributed by atoms with Gasteiger partial charge in [0.2, 0.25) is 0 Å². The number of ether oxygens (including phenoxy) is 1. The molecule has 7 heteroatoms. The van der Waals surface area contributed by atoms with Gasteiger partial charge in [-0.2, -0.15) is 0 Å². The third-order valence-electron chi connectivity index (χ3n) is 7.82. The normalized spacial score (nSPS) is 16.4. The Balaban J connectivity index is 1.64. The second kappa shape index (κ2) is 10.1. The van der Waals surface area contributed by atoms with Crippen molar-refractivity contribution in [1.29, 1.82) is 0 Å². The molecule has 2 saturated heterocycles. The molecule has 7 nitrogen and oxygen atoms in total. The number of aromatic nitrogens is 1. The number of nitrogens with two attached hydrogens (primary N) is 1. The van der Waals surface area contributed by atoms with E-state index in [1.165, 1.54) is 0 Å². The lowest BCUT2D eigenvalue weighted by atomic mass is 9.79. The van der Waals surface area contributed by atoms with E-state index in [-0.39, 0.29) is 11.7 Å². The van der Waals surface area contributed by atoms with Crippen LogP contribution in [0.1, 0.15) is 49.5 Å². The first-order valence-electron chi connectivity index (χ1n) is 13.2. The average Bonchev–Trinajstić information content (AvgIpc) is 3.43. The van der Waals surface area contributed by atoms with Crippen LogP contribution in [0.2, 0.25) is 0 Å². The van der Waals surface area contributed by atoms with Gasteiger partial charge >= 0.3 is 0 Å². The fourth-order valence-corrected chi connectivity index (χ4v) is 5.35. The summed E-state index contributed by atoms with van der Waals surface area (Å²) >= 11 is 0. The topological polar surface area (TPSA) is 88.8 Å². The molecule has 0 unspecified atom stereocenters. The number of carbonyl (C=O) groups excluding carboxylic acids is 2. The molecule has 0 radical (unpaired) electrons. The van der Waals surface area contributed by atoms with Crippen LogP contribution < -0.4 is 10.6 Å². The first kappa shape index (κ1) is 25.2. The Morgan fingerprint density at radius 2 is 1.76 bits per heavy atom. The zero-order chi connectivity index (χ0) is 26.2. The zero-order valence-corrected chi connectivity index (χ0v) is 22.0. The lowest BCUT2D eigenvalue weighted by Gasteiger charge is -2.29. The van der Waals surface area contributed by atoms with Gasteiger partial charge in [0.05, 0.1) is 24.4 Å². The molecule has 0 aliphatic carbocycles. The molecule has 3 heterocycles. The monoisotopic (exact) mass is 500 g/mol. The number of hydrogen-bond acceptors (Lipinski definition) is 6. The number of amides is 1. The minimum absolute atomic E-state index is 0.0551. The number of pyridine rings is 1. The number of ketones is 1. The van der Waals surface area contributed by atoms with Gasteiger partial charge in [0, 0.05) is 42.5 Å². The van der Waals surface area contributed by atoms with E-state index in [0.29, 0.717) is 31.0 Å². The van der Waals surface area contributed by atoms with Crippen molar-refractivity contribution < 1.29 is 14.3 Å². The quantitative estimate of drug-likeness (QED) is 0.527. The van der Waals surface area contributed by atoms with E-state index in [9.17, 15) is 9.59 Å². The maximum atomic E-state index is 13.7. The van der Waals surface area contributed by atoms with Crippen molar-refractivity contribution in [3.63, 3.8) is 0 Å². The number of benzene rings is 2. The molecule has 1 aromatic heterocycles. The highest BCUT2D eigenvalue weighted by atomic mass is 16.5. The summed E-state index contributed by atoms with van der Waals surface area (Å²) in [5.41, 5.74) is 11.1. The van der Waals surface area contributed by atoms with E-state index in [0.717, 1.165) is 72.3 Å². The van der Waals surface area contributed by atoms with E-state index < -0.39 is 5.41 Å². The molecule has 5 rings (SSSR count). The second-order valence-corrected chi connectivity index (χ2v) is 10.9. The molecule has 194 valence electrons. The first-order chi connectivity index (χ1) is 17.7. The maximum absolute atomic E-state index is 13.7. The third kappa shape index (κ3) is 5.05. The van der Waals surface area contributed by atoms with Gasteiger partial charge < -0.3 is 20.3 Å². The van der Waals surface area contributed by atoms with Crippen molar-refractivity contribution in [2.45, 2.75) is 40.0 Å². The van der Waals surface area contributed by atoms with Crippen LogP contribution in [0.4, 0.5) is 11.5 Å². The number of morpholine rings is 1. The minimum atomic E-state index is -0.541. The highest BCUT2D eigenvalue weighted by Crippen LogP contribution is 2.37. The molecule has 2 N–H and O–H groups in total. The van der Waals surface area contributed by atoms with Crippen LogP contribution in [-0.4, -0.2) is 61.0 Å². The number of hydrogen-bond donors (Lipinski definition) is 1. The maximum Gasteiger partial charge on any atom is 0.254 e. The molecule has 3 aromatic rings. The van der Waals surface area contributed by atoms with Crippen molar-refractivity contribution in [3.8, 4) is 11.1 Å². The summed E-state index contributed by atoms with van der Waals surface area (Å²) in [5.74, 6) is 0.693. The number of carbonyl (C=O) groups is 2. The standard InChI is InChI=1S/C30H36N4O3/c1-20(35)30(2,3)19-22-7-6-8-24(29(36)34-11-4-5-12-34)27(22)21-9-10-25-23(17-21)18-26(28(31)32-25)33-13-15-37-16-14-33/h6-10,17-18H,4-5,11-16,19H2,1-3H3,(H2,31,32). The van der Waals surface area contributed by atoms with E-state index in [1.54, 1.807) is 6.92 Å². The molecular formula is C30H36N4O3. The fourth-order valence-electron chi connectivity index (χ4n) is 5.35. The molecule has 0 bridgehead atoms. The summed E-state index contributed by atoms with van der Waals surface area (Å²) in [7, 11) is 0. The summed E-state index contributed by atoms with van der Waals surface area (Å²) in [6.45, 7) is 10.0. The van der Waals surface area contributed by atoms with Crippen LogP contribution in [0.5, 0.6) is 0 Å². The van der Waals surface area contributed by atoms with E-state index in [1.807, 2.05) is 49.1 Å². The predicted octanol–water partition coefficient (Wildman–Crippen LogP) is 4.71. The summed E-state index contributed by atoms with van der Waals surface area (Å²) in [6.07, 6.45) is 2.62. The van der Waals surface area contributed by atoms with Crippen molar-refractivity contribution in [2.24, 2.45) is 5.41 Å². The summed E-state index contributed by atoms with van der Waals surface area (Å²) in [5, 5.41) is 0.966. The number of fused-ring (bicyclic) bond motifs is 1. The number of Topliss-reactive ketones (excluding diaryl/α,β-unsaturated/α-hetero) is 1. The van der Waals surface area contributed by atoms with E-state index in [4.69, 9.17) is 10.5 Å². The van der Waals surface area contributed by atoms with Gasteiger partial charge in [-0.25, -0.2) is 4.98 Å². The van der Waals surface area contributed by atoms with Gasteiger partial charge in [-0.1, -0.05) is 32.0 Å². The smallest absolute Gasteiger partial charge is 0.254 e. The van der Waals surface area contributed by atoms with Crippen LogP contribution in [-0.2, 0) is 16.0 Å². The average molecular weight is 501 g/mol. The summed E-state index contributed by atoms with van der Waals surface area (Å²) < 4.78 is 5.51. The number of anilines is 2. The lowest BCUT2D eigenvalue weighted by Crippen LogP contribution is -2.36. The Morgan fingerprint density at radius 1 is 1.03 bits per heavy atom. The second-order valence-electron chi connectivity index (χ2n) is 10.9. The van der Waals surface area contributed by atoms with Crippen LogP contribution in [0.3, 0.4) is 0 Å². The number of nitrogen functional groups attached to an aromatic ring is 1. The molecule has 0 spiro atoms. The van der Waals surface area contributed by atoms with Crippen LogP contribution in [0, 0.1) is 5.41 Å². The molecule has 2 fully saturated rings. The molecule has 37 heavy (non-hydrogen) atoms. The SMILES string of the molecule is CC(=O)C(C)(C)Cc1cccc(C(=O)N2CCCC2)c1-c1ccc2nc(N)c(N3CCOCC3)cc2c1. The van der Waals surface area contributed by atoms with E-state index >= 15 is 0 Å². The zero-order valence-electron chi connectivity index (χ0n) is 22.0. The van der Waals surface area contributed by atoms with Gasteiger partial charge in [0.1, 0.15) is 11.6 Å². The third-order valence-corrected chi connectivity index (χ3v) is 7.82. The minimum Gasteiger partial charge on any atom is -0.382 e. The molecule has 2 aromatic carbocycles. The number of rotatable bonds is 6. The molecular weight excluding hydrogens is 464 g/mol. The van der Waals surface area contributed by atoms with Gasteiger partial charge in [-0.15, -0.1) is 0 Å². The van der Waals surface area contributed by atoms with Gasteiger partial charge in [-0.3, -0.25) is 9.59 Å². The van der Waals surface area contributed by atoms with Crippen molar-refractivity contribution in [2.75, 3.05) is 50.0 Å². The van der Waals surface area contributed by atoms with Crippen LogP contribution in [0.25, 0.3) is 22.0 Å². The Labute approximate surface area is 218 Å². The molecule has 2 aliphatic rings. The number of likely N-dealkylation sites (tertiary alicyclic amines) is 1. The highest BCUT2D eigenvalue weighted by molar-refractivity contribution is 6.03. The predicted molar refractivity (Wildman–Crippen MR) is 148 cm³/mol. The van der Waals surface area contributed by atoms with Gasteiger partial charge in [-0.05, 0) is 67.1 Å². The molecule has 2 aliphatic heterocycles. The van der Waals surface area contributed by atoms with Gasteiger partial charge in [0.25, 0.3) is 5.91 Å². The van der Waals surface area contributed by atoms with Crippen LogP contribution in [0.15, 0.2) is 42.5 Å². The Hall–Kier alpha value is -3.45. The van der Waals surface area contributed by atoms with Crippen molar-refractivity contribution >= 4 is 34.1 Å². The molecule has 0 atom stereocenters.